The molecule has 0 aromatic carbocycles. The van der Waals surface area contributed by atoms with Gasteiger partial charge in [0.05, 0.1) is 12.5 Å². The van der Waals surface area contributed by atoms with Gasteiger partial charge in [0.15, 0.2) is 5.96 Å². The number of rotatable bonds is 1. The van der Waals surface area contributed by atoms with Gasteiger partial charge < -0.3 is 10.6 Å². The molecule has 100 valence electrons. The van der Waals surface area contributed by atoms with E-state index >= 15 is 0 Å². The van der Waals surface area contributed by atoms with Crippen LogP contribution < -0.4 is 5.73 Å². The Kier molecular flexibility index (Phi) is 3.54. The molecule has 0 aliphatic carbocycles. The minimum absolute atomic E-state index is 0.00690. The Morgan fingerprint density at radius 2 is 2.22 bits per heavy atom. The Bertz CT molecular complexity index is 394. The van der Waals surface area contributed by atoms with Gasteiger partial charge in [0.1, 0.15) is 0 Å². The smallest absolute Gasteiger partial charge is 0.231 e. The molecule has 0 aromatic rings. The van der Waals surface area contributed by atoms with Crippen molar-refractivity contribution < 1.29 is 9.59 Å². The number of hydrogen-bond donors (Lipinski definition) is 1. The normalized spacial score (nSPS) is 29.2. The number of aliphatic imine (C=N–C) groups is 1. The Morgan fingerprint density at radius 1 is 1.50 bits per heavy atom. The number of piperidine rings is 1. The lowest BCUT2D eigenvalue weighted by Gasteiger charge is -2.37. The van der Waals surface area contributed by atoms with Crippen LogP contribution in [0, 0.1) is 5.92 Å². The topological polar surface area (TPSA) is 79.0 Å². The van der Waals surface area contributed by atoms with E-state index in [4.69, 9.17) is 5.73 Å². The van der Waals surface area contributed by atoms with E-state index in [-0.39, 0.29) is 29.7 Å². The molecule has 2 rings (SSSR count). The van der Waals surface area contributed by atoms with Gasteiger partial charge in [-0.1, -0.05) is 0 Å². The van der Waals surface area contributed by atoms with Crippen molar-refractivity contribution in [1.29, 1.82) is 0 Å². The number of likely N-dealkylation sites (tertiary alicyclic amines) is 1. The van der Waals surface area contributed by atoms with Gasteiger partial charge in [-0.15, -0.1) is 0 Å². The fraction of sp³-hybridized carbons (Fsp3) is 0.750. The Balaban J connectivity index is 2.08. The van der Waals surface area contributed by atoms with E-state index in [1.807, 2.05) is 4.90 Å². The molecule has 2 aliphatic rings. The highest BCUT2D eigenvalue weighted by Crippen LogP contribution is 2.26. The van der Waals surface area contributed by atoms with Gasteiger partial charge in [-0.2, -0.15) is 0 Å². The third-order valence-corrected chi connectivity index (χ3v) is 3.85. The van der Waals surface area contributed by atoms with E-state index in [0.717, 1.165) is 19.4 Å². The van der Waals surface area contributed by atoms with Crippen LogP contribution in [0.3, 0.4) is 0 Å². The molecule has 2 heterocycles. The highest BCUT2D eigenvalue weighted by molar-refractivity contribution is 5.98. The largest absolute Gasteiger partial charge is 0.369 e. The minimum Gasteiger partial charge on any atom is -0.369 e. The van der Waals surface area contributed by atoms with Crippen molar-refractivity contribution in [2.24, 2.45) is 16.6 Å². The molecule has 0 spiro atoms. The molecule has 2 unspecified atom stereocenters. The van der Waals surface area contributed by atoms with Crippen LogP contribution in [0.4, 0.5) is 0 Å². The van der Waals surface area contributed by atoms with Crippen molar-refractivity contribution >= 4 is 17.8 Å². The van der Waals surface area contributed by atoms with Gasteiger partial charge in [0.25, 0.3) is 0 Å². The van der Waals surface area contributed by atoms with E-state index in [1.54, 1.807) is 14.0 Å². The molecule has 0 saturated carbocycles. The zero-order valence-electron chi connectivity index (χ0n) is 10.9. The maximum Gasteiger partial charge on any atom is 0.231 e. The molecule has 6 heteroatoms. The summed E-state index contributed by atoms with van der Waals surface area (Å²) in [6.07, 6.45) is 2.37. The molecule has 2 amide bonds. The number of nitrogens with zero attached hydrogens (tertiary/aromatic N) is 3. The standard InChI is InChI=1S/C12H20N4O2/c1-8(17)16-5-3-4-9(7-16)10-6-11(18)15(2)12(13)14-10/h9-10H,3-7H2,1-2H3,(H2,13,14). The van der Waals surface area contributed by atoms with Crippen LogP contribution in [-0.4, -0.2) is 53.8 Å². The Labute approximate surface area is 107 Å². The molecular weight excluding hydrogens is 232 g/mol. The summed E-state index contributed by atoms with van der Waals surface area (Å²) in [5, 5.41) is 0. The number of carbonyl (C=O) groups is 2. The average molecular weight is 252 g/mol. The van der Waals surface area contributed by atoms with E-state index in [0.29, 0.717) is 13.0 Å². The van der Waals surface area contributed by atoms with Crippen LogP contribution in [0.5, 0.6) is 0 Å². The first kappa shape index (κ1) is 12.9. The number of amides is 2. The van der Waals surface area contributed by atoms with Crippen LogP contribution in [0.15, 0.2) is 4.99 Å². The lowest BCUT2D eigenvalue weighted by atomic mass is 9.88. The van der Waals surface area contributed by atoms with Crippen molar-refractivity contribution in [3.8, 4) is 0 Å². The minimum atomic E-state index is -0.0733. The molecule has 6 nitrogen and oxygen atoms in total. The summed E-state index contributed by atoms with van der Waals surface area (Å²) in [4.78, 5) is 30.8. The lowest BCUT2D eigenvalue weighted by molar-refractivity contribution is -0.131. The fourth-order valence-corrected chi connectivity index (χ4v) is 2.63. The molecule has 0 bridgehead atoms. The molecule has 1 fully saturated rings. The molecule has 0 aromatic heterocycles. The Morgan fingerprint density at radius 3 is 2.83 bits per heavy atom. The van der Waals surface area contributed by atoms with Gasteiger partial charge in [-0.25, -0.2) is 4.99 Å². The summed E-state index contributed by atoms with van der Waals surface area (Å²) in [7, 11) is 1.64. The predicted molar refractivity (Wildman–Crippen MR) is 67.8 cm³/mol. The maximum absolute atomic E-state index is 11.8. The van der Waals surface area contributed by atoms with Gasteiger partial charge in [-0.3, -0.25) is 14.5 Å². The van der Waals surface area contributed by atoms with Crippen molar-refractivity contribution in [1.82, 2.24) is 9.80 Å². The molecule has 2 aliphatic heterocycles. The van der Waals surface area contributed by atoms with Crippen LogP contribution in [-0.2, 0) is 9.59 Å². The zero-order chi connectivity index (χ0) is 13.3. The van der Waals surface area contributed by atoms with Gasteiger partial charge in [0.2, 0.25) is 11.8 Å². The second-order valence-corrected chi connectivity index (χ2v) is 5.08. The van der Waals surface area contributed by atoms with Crippen molar-refractivity contribution in [2.45, 2.75) is 32.2 Å². The van der Waals surface area contributed by atoms with Crippen LogP contribution in [0.1, 0.15) is 26.2 Å². The first-order chi connectivity index (χ1) is 8.49. The quantitative estimate of drug-likeness (QED) is 0.701. The summed E-state index contributed by atoms with van der Waals surface area (Å²) >= 11 is 0. The molecule has 2 N–H and O–H groups in total. The molecule has 0 radical (unpaired) electrons. The average Bonchev–Trinajstić information content (AvgIpc) is 2.35. The SMILES string of the molecule is CC(=O)N1CCCC(C2CC(=O)N(C)C(N)=N2)C1. The zero-order valence-corrected chi connectivity index (χ0v) is 10.9. The fourth-order valence-electron chi connectivity index (χ4n) is 2.63. The molecular formula is C12H20N4O2. The number of carbonyl (C=O) groups excluding carboxylic acids is 2. The number of hydrogen-bond acceptors (Lipinski definition) is 4. The third-order valence-electron chi connectivity index (χ3n) is 3.85. The first-order valence-corrected chi connectivity index (χ1v) is 6.34. The highest BCUT2D eigenvalue weighted by atomic mass is 16.2. The van der Waals surface area contributed by atoms with E-state index in [9.17, 15) is 9.59 Å². The van der Waals surface area contributed by atoms with Gasteiger partial charge in [0, 0.05) is 27.1 Å². The van der Waals surface area contributed by atoms with Gasteiger partial charge >= 0.3 is 0 Å². The van der Waals surface area contributed by atoms with Crippen LogP contribution in [0.25, 0.3) is 0 Å². The third kappa shape index (κ3) is 2.47. The second-order valence-electron chi connectivity index (χ2n) is 5.08. The maximum atomic E-state index is 11.8. The summed E-state index contributed by atoms with van der Waals surface area (Å²) in [6.45, 7) is 3.08. The molecule has 2 atom stereocenters. The number of nitrogens with two attached hydrogens (primary N) is 1. The highest BCUT2D eigenvalue weighted by Gasteiger charge is 2.33. The van der Waals surface area contributed by atoms with Crippen LogP contribution >= 0.6 is 0 Å². The van der Waals surface area contributed by atoms with E-state index in [2.05, 4.69) is 4.99 Å². The van der Waals surface area contributed by atoms with Crippen molar-refractivity contribution in [3.05, 3.63) is 0 Å². The first-order valence-electron chi connectivity index (χ1n) is 6.34. The van der Waals surface area contributed by atoms with Crippen molar-refractivity contribution in [2.75, 3.05) is 20.1 Å². The Hall–Kier alpha value is -1.59. The monoisotopic (exact) mass is 252 g/mol. The lowest BCUT2D eigenvalue weighted by Crippen LogP contribution is -2.49. The number of guanidine groups is 1. The van der Waals surface area contributed by atoms with Gasteiger partial charge in [-0.05, 0) is 18.8 Å². The summed E-state index contributed by atoms with van der Waals surface area (Å²) in [5.74, 6) is 0.637. The summed E-state index contributed by atoms with van der Waals surface area (Å²) < 4.78 is 0. The van der Waals surface area contributed by atoms with E-state index in [1.165, 1.54) is 4.90 Å². The summed E-state index contributed by atoms with van der Waals surface area (Å²) in [6, 6.07) is -0.0733. The van der Waals surface area contributed by atoms with E-state index < -0.39 is 0 Å². The molecule has 18 heavy (non-hydrogen) atoms. The predicted octanol–water partition coefficient (Wildman–Crippen LogP) is -0.210. The van der Waals surface area contributed by atoms with Crippen LogP contribution in [0.2, 0.25) is 0 Å². The molecule has 1 saturated heterocycles. The van der Waals surface area contributed by atoms with Crippen molar-refractivity contribution in [3.63, 3.8) is 0 Å². The summed E-state index contributed by atoms with van der Waals surface area (Å²) in [5.41, 5.74) is 5.73. The second kappa shape index (κ2) is 4.96.